The number of halogens is 1. The van der Waals surface area contributed by atoms with Gasteiger partial charge in [0.05, 0.1) is 47.7 Å². The third kappa shape index (κ3) is 5.02. The molecule has 0 bridgehead atoms. The van der Waals surface area contributed by atoms with Crippen LogP contribution in [0, 0.1) is 18.7 Å². The lowest BCUT2D eigenvalue weighted by Gasteiger charge is -2.32. The molecule has 1 fully saturated rings. The van der Waals surface area contributed by atoms with Gasteiger partial charge in [-0.2, -0.15) is 0 Å². The monoisotopic (exact) mass is 647 g/mol. The molecule has 4 heterocycles. The van der Waals surface area contributed by atoms with Crippen LogP contribution in [0.4, 0.5) is 4.39 Å². The highest BCUT2D eigenvalue weighted by Crippen LogP contribution is 2.46. The number of nitrogens with one attached hydrogen (secondary N) is 2. The lowest BCUT2D eigenvalue weighted by Crippen LogP contribution is -2.44. The normalized spacial score (nSPS) is 24.3. The smallest absolute Gasteiger partial charge is 0.343 e. The topological polar surface area (TPSA) is 175 Å². The largest absolute Gasteiger partial charge is 0.458 e. The second-order valence-electron chi connectivity index (χ2n) is 13.0. The number of fused-ring (bicyclic) bond motifs is 5. The number of hydrogen-bond acceptors (Lipinski definition) is 9. The van der Waals surface area contributed by atoms with Crippen molar-refractivity contribution in [2.24, 2.45) is 11.7 Å². The fourth-order valence-electron chi connectivity index (χ4n) is 7.79. The molecule has 2 aromatic heterocycles. The van der Waals surface area contributed by atoms with Crippen LogP contribution in [0.5, 0.6) is 0 Å². The molecule has 2 aliphatic heterocycles. The van der Waals surface area contributed by atoms with Crippen molar-refractivity contribution in [3.8, 4) is 11.4 Å². The van der Waals surface area contributed by atoms with Gasteiger partial charge in [0.2, 0.25) is 11.8 Å². The summed E-state index contributed by atoms with van der Waals surface area (Å²) in [6, 6.07) is 2.65. The van der Waals surface area contributed by atoms with Gasteiger partial charge < -0.3 is 35.5 Å². The van der Waals surface area contributed by atoms with Crippen molar-refractivity contribution in [2.75, 3.05) is 13.3 Å². The number of hydrogen-bond donors (Lipinski definition) is 4. The maximum absolute atomic E-state index is 15.2. The Hall–Kier alpha value is -4.20. The Morgan fingerprint density at radius 3 is 2.66 bits per heavy atom. The quantitative estimate of drug-likeness (QED) is 0.173. The molecule has 12 nitrogen and oxygen atoms in total. The average molecular weight is 648 g/mol. The maximum Gasteiger partial charge on any atom is 0.343 e. The molecule has 0 spiro atoms. The van der Waals surface area contributed by atoms with E-state index in [2.05, 4.69) is 10.6 Å². The minimum atomic E-state index is -1.97. The fourth-order valence-corrected chi connectivity index (χ4v) is 7.79. The molecule has 7 rings (SSSR count). The van der Waals surface area contributed by atoms with E-state index < -0.39 is 17.6 Å². The summed E-state index contributed by atoms with van der Waals surface area (Å²) >= 11 is 0. The predicted octanol–water partition coefficient (Wildman–Crippen LogP) is 2.24. The number of nitrogens with two attached hydrogens (primary N) is 1. The number of aromatic nitrogens is 2. The van der Waals surface area contributed by atoms with Crippen molar-refractivity contribution >= 4 is 28.7 Å². The van der Waals surface area contributed by atoms with Crippen molar-refractivity contribution in [2.45, 2.75) is 89.7 Å². The Bertz CT molecular complexity index is 1900. The van der Waals surface area contributed by atoms with E-state index >= 15 is 4.39 Å². The molecule has 13 heteroatoms. The number of ether oxygens (including phenoxy) is 2. The van der Waals surface area contributed by atoms with Crippen LogP contribution in [0.2, 0.25) is 0 Å². The first-order chi connectivity index (χ1) is 22.5. The summed E-state index contributed by atoms with van der Waals surface area (Å²) in [6.45, 7) is 3.31. The predicted molar refractivity (Wildman–Crippen MR) is 167 cm³/mol. The van der Waals surface area contributed by atoms with E-state index in [-0.39, 0.29) is 79.2 Å². The van der Waals surface area contributed by atoms with Gasteiger partial charge in [-0.05, 0) is 74.6 Å². The number of carbonyl (C=O) groups excluding carboxylic acids is 3. The highest BCUT2D eigenvalue weighted by molar-refractivity contribution is 5.94. The zero-order valence-corrected chi connectivity index (χ0v) is 26.4. The van der Waals surface area contributed by atoms with Gasteiger partial charge in [0.1, 0.15) is 19.2 Å². The Morgan fingerprint density at radius 1 is 1.17 bits per heavy atom. The number of nitrogens with zero attached hydrogens (tertiary/aromatic N) is 2. The van der Waals surface area contributed by atoms with Crippen molar-refractivity contribution in [1.29, 1.82) is 0 Å². The first-order valence-corrected chi connectivity index (χ1v) is 16.3. The Kier molecular flexibility index (Phi) is 7.88. The number of cyclic esters (lactones) is 1. The van der Waals surface area contributed by atoms with Crippen LogP contribution in [0.3, 0.4) is 0 Å². The van der Waals surface area contributed by atoms with E-state index in [0.717, 1.165) is 22.1 Å². The third-order valence-corrected chi connectivity index (χ3v) is 10.5. The zero-order valence-electron chi connectivity index (χ0n) is 26.4. The first-order valence-electron chi connectivity index (χ1n) is 16.3. The molecule has 1 aromatic carbocycles. The molecule has 3 aromatic rings. The molecular formula is C34H38FN5O7. The van der Waals surface area contributed by atoms with Crippen LogP contribution < -0.4 is 21.9 Å². The number of rotatable bonds is 7. The number of aliphatic hydroxyl groups is 1. The zero-order chi connectivity index (χ0) is 33.2. The highest BCUT2D eigenvalue weighted by Gasteiger charge is 2.46. The van der Waals surface area contributed by atoms with Gasteiger partial charge in [0, 0.05) is 28.5 Å². The van der Waals surface area contributed by atoms with Crippen molar-refractivity contribution < 1.29 is 33.4 Å². The number of carbonyl (C=O) groups is 3. The average Bonchev–Trinajstić information content (AvgIpc) is 3.44. The molecule has 0 radical (unpaired) electrons. The van der Waals surface area contributed by atoms with Crippen LogP contribution in [-0.4, -0.2) is 51.8 Å². The molecule has 0 unspecified atom stereocenters. The molecule has 1 saturated carbocycles. The Balaban J connectivity index is 1.23. The summed E-state index contributed by atoms with van der Waals surface area (Å²) < 4.78 is 27.7. The highest BCUT2D eigenvalue weighted by atomic mass is 19.1. The summed E-state index contributed by atoms with van der Waals surface area (Å²) in [4.78, 5) is 56.5. The lowest BCUT2D eigenvalue weighted by atomic mass is 9.81. The number of aryl methyl sites for hydroxylation is 1. The van der Waals surface area contributed by atoms with Gasteiger partial charge >= 0.3 is 5.97 Å². The summed E-state index contributed by atoms with van der Waals surface area (Å²) in [7, 11) is 0. The standard InChI is InChI=1S/C34H38FN5O7/c1-3-34(45)22-10-26-30-20(13-40(26)32(43)21(22)14-46-33(34)44)29-24(9-8-19-16(2)23(35)11-25(38-30)28(19)29)39-31(42)17-4-6-18(7-5-17)47-15-37-27(41)12-36/h10-11,17-18,24,45H,3-9,12-15,36H2,1-2H3,(H,37,41)(H,39,42)/t17-,18+,24-,34-/m0/s1. The molecule has 248 valence electrons. The van der Waals surface area contributed by atoms with Gasteiger partial charge in [0.15, 0.2) is 5.60 Å². The van der Waals surface area contributed by atoms with E-state index in [0.29, 0.717) is 61.0 Å². The Labute approximate surface area is 269 Å². The third-order valence-electron chi connectivity index (χ3n) is 10.5. The molecule has 0 saturated heterocycles. The van der Waals surface area contributed by atoms with Crippen LogP contribution in [0.15, 0.2) is 16.9 Å². The number of benzene rings is 1. The second kappa shape index (κ2) is 11.8. The van der Waals surface area contributed by atoms with E-state index in [9.17, 15) is 24.3 Å². The summed E-state index contributed by atoms with van der Waals surface area (Å²) in [5, 5.41) is 18.0. The van der Waals surface area contributed by atoms with Gasteiger partial charge in [-0.25, -0.2) is 14.2 Å². The van der Waals surface area contributed by atoms with E-state index in [1.807, 2.05) is 0 Å². The van der Waals surface area contributed by atoms with Crippen molar-refractivity contribution in [3.05, 3.63) is 61.7 Å². The summed E-state index contributed by atoms with van der Waals surface area (Å²) in [5.41, 5.74) is 7.70. The van der Waals surface area contributed by atoms with Gasteiger partial charge in [-0.1, -0.05) is 6.92 Å². The molecule has 5 N–H and O–H groups in total. The van der Waals surface area contributed by atoms with Crippen molar-refractivity contribution in [1.82, 2.24) is 20.2 Å². The van der Waals surface area contributed by atoms with Crippen molar-refractivity contribution in [3.63, 3.8) is 0 Å². The number of amides is 2. The van der Waals surface area contributed by atoms with Crippen LogP contribution in [0.1, 0.15) is 84.9 Å². The van der Waals surface area contributed by atoms with E-state index in [4.69, 9.17) is 20.2 Å². The van der Waals surface area contributed by atoms with Gasteiger partial charge in [-0.15, -0.1) is 0 Å². The summed E-state index contributed by atoms with van der Waals surface area (Å²) in [5.74, 6) is -1.76. The lowest BCUT2D eigenvalue weighted by molar-refractivity contribution is -0.172. The molecular weight excluding hydrogens is 609 g/mol. The minimum Gasteiger partial charge on any atom is -0.458 e. The van der Waals surface area contributed by atoms with E-state index in [1.165, 1.54) is 6.07 Å². The number of pyridine rings is 2. The SMILES string of the molecule is CC[C@@]1(O)C(=O)OCc2c1cc1n(c2=O)Cc2c-1nc1cc(F)c(C)c3c1c2[C@@H](NC(=O)[C@H]1CC[C@@H](OCNC(=O)CN)CC1)CC3. The Morgan fingerprint density at radius 2 is 1.94 bits per heavy atom. The molecule has 47 heavy (non-hydrogen) atoms. The summed E-state index contributed by atoms with van der Waals surface area (Å²) in [6.07, 6.45) is 3.68. The fraction of sp³-hybridized carbons (Fsp3) is 0.500. The van der Waals surface area contributed by atoms with Crippen LogP contribution in [0.25, 0.3) is 22.3 Å². The number of esters is 1. The van der Waals surface area contributed by atoms with Crippen LogP contribution >= 0.6 is 0 Å². The molecule has 2 aliphatic carbocycles. The minimum absolute atomic E-state index is 0.0197. The second-order valence-corrected chi connectivity index (χ2v) is 13.0. The first kappa shape index (κ1) is 31.4. The molecule has 2 atom stereocenters. The van der Waals surface area contributed by atoms with Gasteiger partial charge in [-0.3, -0.25) is 14.4 Å². The van der Waals surface area contributed by atoms with Crippen LogP contribution in [-0.2, 0) is 49.0 Å². The molecule has 2 amide bonds. The van der Waals surface area contributed by atoms with Gasteiger partial charge in [0.25, 0.3) is 5.56 Å². The molecule has 4 aliphatic rings. The van der Waals surface area contributed by atoms with E-state index in [1.54, 1.807) is 24.5 Å². The maximum atomic E-state index is 15.2.